The van der Waals surface area contributed by atoms with E-state index < -0.39 is 0 Å². The number of hydrogen-bond donors (Lipinski definition) is 1. The highest BCUT2D eigenvalue weighted by molar-refractivity contribution is 8.13. The molecule has 0 saturated heterocycles. The molecule has 1 atom stereocenters. The minimum Gasteiger partial charge on any atom is -0.379 e. The fraction of sp³-hybridized carbons (Fsp3) is 0.389. The molecule has 2 heterocycles. The predicted octanol–water partition coefficient (Wildman–Crippen LogP) is 3.85. The molecule has 0 amide bonds. The smallest absolute Gasteiger partial charge is 0.179 e. The van der Waals surface area contributed by atoms with Gasteiger partial charge >= 0.3 is 0 Å². The number of aromatic nitrogens is 1. The van der Waals surface area contributed by atoms with Crippen molar-refractivity contribution in [3.05, 3.63) is 51.0 Å². The highest BCUT2D eigenvalue weighted by Crippen LogP contribution is 2.35. The number of thiazole rings is 1. The molecular weight excluding hydrogens is 338 g/mol. The van der Waals surface area contributed by atoms with Crippen LogP contribution in [0.4, 0.5) is 0 Å². The van der Waals surface area contributed by atoms with Gasteiger partial charge in [-0.1, -0.05) is 36.0 Å². The number of thioether (sulfide) groups is 1. The summed E-state index contributed by atoms with van der Waals surface area (Å²) in [6, 6.07) is 8.16. The zero-order valence-electron chi connectivity index (χ0n) is 14.1. The van der Waals surface area contributed by atoms with E-state index in [-0.39, 0.29) is 11.3 Å². The average molecular weight is 360 g/mol. The summed E-state index contributed by atoms with van der Waals surface area (Å²) in [5.74, 6) is 1.09. The molecule has 1 aliphatic rings. The standard InChI is InChI=1S/C18H21N3OS2/c1-11-16(24-12(2)20-11)15(22)10-13-5-4-6-14(9-13)18(3)7-8-23-17(19)21-18/h4-6,9H,7-8,10H2,1-3H3,(H2,19,21)/t18-/m0/s1. The molecule has 0 spiro atoms. The van der Waals surface area contributed by atoms with E-state index in [1.165, 1.54) is 11.3 Å². The maximum atomic E-state index is 12.6. The molecule has 6 heteroatoms. The summed E-state index contributed by atoms with van der Waals surface area (Å²) in [5, 5.41) is 1.57. The first kappa shape index (κ1) is 17.2. The Morgan fingerprint density at radius 1 is 1.38 bits per heavy atom. The number of nitrogens with zero attached hydrogens (tertiary/aromatic N) is 2. The van der Waals surface area contributed by atoms with Crippen LogP contribution >= 0.6 is 23.1 Å². The van der Waals surface area contributed by atoms with Crippen molar-refractivity contribution < 1.29 is 4.79 Å². The summed E-state index contributed by atoms with van der Waals surface area (Å²) in [6.45, 7) is 5.93. The van der Waals surface area contributed by atoms with Crippen molar-refractivity contribution in [2.24, 2.45) is 10.7 Å². The van der Waals surface area contributed by atoms with Gasteiger partial charge in [-0.3, -0.25) is 9.79 Å². The molecule has 0 saturated carbocycles. The molecule has 1 aliphatic heterocycles. The third-order valence-corrected chi connectivity index (χ3v) is 6.18. The third-order valence-electron chi connectivity index (χ3n) is 4.27. The molecule has 3 rings (SSSR count). The van der Waals surface area contributed by atoms with Crippen LogP contribution in [0.15, 0.2) is 29.3 Å². The van der Waals surface area contributed by atoms with Crippen molar-refractivity contribution in [2.75, 3.05) is 5.75 Å². The first-order chi connectivity index (χ1) is 11.4. The van der Waals surface area contributed by atoms with Crippen LogP contribution in [-0.2, 0) is 12.0 Å². The summed E-state index contributed by atoms with van der Waals surface area (Å²) in [4.78, 5) is 22.3. The number of ketones is 1. The lowest BCUT2D eigenvalue weighted by molar-refractivity contribution is 0.0996. The third kappa shape index (κ3) is 3.54. The topological polar surface area (TPSA) is 68.3 Å². The molecule has 1 aromatic carbocycles. The highest BCUT2D eigenvalue weighted by atomic mass is 32.2. The summed E-state index contributed by atoms with van der Waals surface area (Å²) in [7, 11) is 0. The summed E-state index contributed by atoms with van der Waals surface area (Å²) in [6.07, 6.45) is 1.34. The second-order valence-electron chi connectivity index (χ2n) is 6.27. The summed E-state index contributed by atoms with van der Waals surface area (Å²) >= 11 is 3.07. The SMILES string of the molecule is Cc1nc(C)c(C(=O)Cc2cccc([C@]3(C)CCSC(N)=N3)c2)s1. The fourth-order valence-corrected chi connectivity index (χ4v) is 4.80. The molecule has 0 unspecified atom stereocenters. The van der Waals surface area contributed by atoms with Crippen molar-refractivity contribution >= 4 is 34.0 Å². The molecule has 0 aliphatic carbocycles. The first-order valence-corrected chi connectivity index (χ1v) is 9.72. The lowest BCUT2D eigenvalue weighted by atomic mass is 9.88. The number of carbonyl (C=O) groups excluding carboxylic acids is 1. The predicted molar refractivity (Wildman–Crippen MR) is 102 cm³/mol. The zero-order valence-corrected chi connectivity index (χ0v) is 15.8. The van der Waals surface area contributed by atoms with Crippen molar-refractivity contribution in [2.45, 2.75) is 39.2 Å². The van der Waals surface area contributed by atoms with Crippen LogP contribution in [0.3, 0.4) is 0 Å². The first-order valence-electron chi connectivity index (χ1n) is 7.92. The van der Waals surface area contributed by atoms with Gasteiger partial charge in [-0.25, -0.2) is 4.98 Å². The van der Waals surface area contributed by atoms with Gasteiger partial charge in [0.15, 0.2) is 11.0 Å². The Kier molecular flexibility index (Phi) is 4.78. The maximum Gasteiger partial charge on any atom is 0.179 e. The van der Waals surface area contributed by atoms with Gasteiger partial charge in [0.05, 0.1) is 21.1 Å². The number of Topliss-reactive ketones (excluding diaryl/α,β-unsaturated/α-hetero) is 1. The fourth-order valence-electron chi connectivity index (χ4n) is 2.97. The number of carbonyl (C=O) groups is 1. The largest absolute Gasteiger partial charge is 0.379 e. The van der Waals surface area contributed by atoms with E-state index in [4.69, 9.17) is 5.73 Å². The van der Waals surface area contributed by atoms with Crippen LogP contribution in [0, 0.1) is 13.8 Å². The van der Waals surface area contributed by atoms with E-state index in [9.17, 15) is 4.79 Å². The van der Waals surface area contributed by atoms with E-state index in [1.807, 2.05) is 26.0 Å². The van der Waals surface area contributed by atoms with E-state index in [1.54, 1.807) is 11.8 Å². The van der Waals surface area contributed by atoms with Gasteiger partial charge in [-0.05, 0) is 38.3 Å². The zero-order chi connectivity index (χ0) is 17.3. The van der Waals surface area contributed by atoms with Gasteiger partial charge in [0.2, 0.25) is 0 Å². The van der Waals surface area contributed by atoms with E-state index >= 15 is 0 Å². The number of hydrogen-bond acceptors (Lipinski definition) is 6. The monoisotopic (exact) mass is 359 g/mol. The molecule has 24 heavy (non-hydrogen) atoms. The van der Waals surface area contributed by atoms with Crippen LogP contribution in [0.2, 0.25) is 0 Å². The average Bonchev–Trinajstić information content (AvgIpc) is 2.86. The van der Waals surface area contributed by atoms with Gasteiger partial charge < -0.3 is 5.73 Å². The molecule has 0 radical (unpaired) electrons. The number of amidine groups is 1. The molecule has 0 bridgehead atoms. The van der Waals surface area contributed by atoms with Gasteiger partial charge in [0.25, 0.3) is 0 Å². The second-order valence-corrected chi connectivity index (χ2v) is 8.59. The van der Waals surface area contributed by atoms with Gasteiger partial charge in [0.1, 0.15) is 0 Å². The molecular formula is C18H21N3OS2. The lowest BCUT2D eigenvalue weighted by Crippen LogP contribution is -2.28. The Labute approximate surface area is 150 Å². The Hall–Kier alpha value is -1.66. The molecule has 2 aromatic rings. The molecule has 0 fully saturated rings. The Bertz CT molecular complexity index is 812. The molecule has 4 nitrogen and oxygen atoms in total. The van der Waals surface area contributed by atoms with Gasteiger partial charge in [0, 0.05) is 12.2 Å². The molecule has 1 aromatic heterocycles. The van der Waals surface area contributed by atoms with Crippen molar-refractivity contribution in [3.63, 3.8) is 0 Å². The number of aliphatic imine (C=N–C) groups is 1. The van der Waals surface area contributed by atoms with Crippen molar-refractivity contribution in [1.82, 2.24) is 4.98 Å². The van der Waals surface area contributed by atoms with Crippen LogP contribution in [0.25, 0.3) is 0 Å². The normalized spacial score (nSPS) is 20.7. The quantitative estimate of drug-likeness (QED) is 0.842. The maximum absolute atomic E-state index is 12.6. The van der Waals surface area contributed by atoms with E-state index in [2.05, 4.69) is 29.0 Å². The minimum atomic E-state index is -0.300. The van der Waals surface area contributed by atoms with E-state index in [0.717, 1.165) is 38.9 Å². The Morgan fingerprint density at radius 2 is 2.17 bits per heavy atom. The summed E-state index contributed by atoms with van der Waals surface area (Å²) < 4.78 is 0. The van der Waals surface area contributed by atoms with Crippen LogP contribution < -0.4 is 5.73 Å². The van der Waals surface area contributed by atoms with Crippen LogP contribution in [-0.4, -0.2) is 21.7 Å². The number of benzene rings is 1. The Morgan fingerprint density at radius 3 is 2.83 bits per heavy atom. The van der Waals surface area contributed by atoms with Crippen molar-refractivity contribution in [1.29, 1.82) is 0 Å². The molecule has 2 N–H and O–H groups in total. The Balaban J connectivity index is 1.85. The second kappa shape index (κ2) is 6.69. The minimum absolute atomic E-state index is 0.127. The van der Waals surface area contributed by atoms with Gasteiger partial charge in [-0.2, -0.15) is 0 Å². The van der Waals surface area contributed by atoms with Crippen LogP contribution in [0.5, 0.6) is 0 Å². The van der Waals surface area contributed by atoms with Gasteiger partial charge in [-0.15, -0.1) is 11.3 Å². The highest BCUT2D eigenvalue weighted by Gasteiger charge is 2.29. The number of rotatable bonds is 4. The number of nitrogens with two attached hydrogens (primary N) is 1. The van der Waals surface area contributed by atoms with Crippen molar-refractivity contribution in [3.8, 4) is 0 Å². The summed E-state index contributed by atoms with van der Waals surface area (Å²) in [5.41, 5.74) is 8.57. The molecule has 126 valence electrons. The number of aryl methyl sites for hydroxylation is 2. The van der Waals surface area contributed by atoms with Crippen LogP contribution in [0.1, 0.15) is 44.8 Å². The van der Waals surface area contributed by atoms with E-state index in [0.29, 0.717) is 11.6 Å². The lowest BCUT2D eigenvalue weighted by Gasteiger charge is -2.30.